The van der Waals surface area contributed by atoms with E-state index in [1.807, 2.05) is 0 Å². The highest BCUT2D eigenvalue weighted by atomic mass is 14.7. The number of hydrogen-bond donors (Lipinski definition) is 1. The second-order valence-corrected chi connectivity index (χ2v) is 10.1. The van der Waals surface area contributed by atoms with Gasteiger partial charge in [0, 0.05) is 32.6 Å². The molecule has 0 saturated heterocycles. The van der Waals surface area contributed by atoms with Crippen LogP contribution in [0.25, 0.3) is 86.4 Å². The maximum Gasteiger partial charge on any atom is 0.0471 e. The van der Waals surface area contributed by atoms with Gasteiger partial charge in [-0.3, -0.25) is 0 Å². The average Bonchev–Trinajstić information content (AvgIpc) is 3.36. The number of fused-ring (bicyclic) bond motifs is 17. The molecule has 9 rings (SSSR count). The summed E-state index contributed by atoms with van der Waals surface area (Å²) >= 11 is 0. The number of benzene rings is 8. The van der Waals surface area contributed by atoms with Gasteiger partial charge < -0.3 is 4.98 Å². The minimum Gasteiger partial charge on any atom is -0.354 e. The zero-order valence-electron chi connectivity index (χ0n) is 20.0. The Kier molecular flexibility index (Phi) is 3.59. The van der Waals surface area contributed by atoms with Crippen molar-refractivity contribution < 1.29 is 0 Å². The number of aromatic nitrogens is 1. The fraction of sp³-hybridized carbons (Fsp3) is 0. The second kappa shape index (κ2) is 6.87. The van der Waals surface area contributed by atoms with Crippen LogP contribution in [-0.2, 0) is 0 Å². The summed E-state index contributed by atoms with van der Waals surface area (Å²) in [5.41, 5.74) is 2.38. The minimum absolute atomic E-state index is 1.19. The lowest BCUT2D eigenvalue weighted by molar-refractivity contribution is 1.56. The molecule has 0 radical (unpaired) electrons. The molecule has 9 aromatic rings. The zero-order valence-corrected chi connectivity index (χ0v) is 20.0. The van der Waals surface area contributed by atoms with Crippen LogP contribution in [0.3, 0.4) is 0 Å². The first-order chi connectivity index (χ1) is 18.4. The minimum atomic E-state index is 1.19. The van der Waals surface area contributed by atoms with E-state index in [4.69, 9.17) is 0 Å². The first-order valence-corrected chi connectivity index (χ1v) is 12.9. The molecule has 1 aromatic heterocycles. The van der Waals surface area contributed by atoms with E-state index < -0.39 is 0 Å². The number of hydrogen-bond acceptors (Lipinski definition) is 0. The highest BCUT2D eigenvalue weighted by Crippen LogP contribution is 2.45. The topological polar surface area (TPSA) is 15.8 Å². The lowest BCUT2D eigenvalue weighted by atomic mass is 9.89. The Morgan fingerprint density at radius 1 is 0.243 bits per heavy atom. The Morgan fingerprint density at radius 3 is 0.865 bits per heavy atom. The molecule has 0 fully saturated rings. The molecule has 0 aliphatic heterocycles. The zero-order chi connectivity index (χ0) is 24.1. The van der Waals surface area contributed by atoms with Gasteiger partial charge in [0.1, 0.15) is 0 Å². The van der Waals surface area contributed by atoms with Gasteiger partial charge in [-0.2, -0.15) is 0 Å². The van der Waals surface area contributed by atoms with E-state index in [1.165, 1.54) is 86.4 Å². The number of rotatable bonds is 0. The molecule has 0 aliphatic carbocycles. The van der Waals surface area contributed by atoms with Crippen LogP contribution < -0.4 is 0 Å². The molecule has 0 saturated carbocycles. The molecular weight excluding hydrogens is 446 g/mol. The Labute approximate surface area is 212 Å². The lowest BCUT2D eigenvalue weighted by Crippen LogP contribution is -1.86. The maximum absolute atomic E-state index is 3.79. The van der Waals surface area contributed by atoms with Crippen molar-refractivity contribution in [2.45, 2.75) is 0 Å². The Hall–Kier alpha value is -4.88. The van der Waals surface area contributed by atoms with Crippen molar-refractivity contribution in [3.05, 3.63) is 121 Å². The van der Waals surface area contributed by atoms with Crippen LogP contribution in [0.1, 0.15) is 0 Å². The van der Waals surface area contributed by atoms with Crippen molar-refractivity contribution >= 4 is 86.4 Å². The normalized spacial score (nSPS) is 12.3. The van der Waals surface area contributed by atoms with Gasteiger partial charge in [-0.1, -0.05) is 109 Å². The highest BCUT2D eigenvalue weighted by molar-refractivity contribution is 6.41. The molecule has 0 unspecified atom stereocenters. The van der Waals surface area contributed by atoms with Gasteiger partial charge in [-0.25, -0.2) is 0 Å². The van der Waals surface area contributed by atoms with Crippen LogP contribution in [0, 0.1) is 0 Å². The van der Waals surface area contributed by atoms with Crippen LogP contribution in [0.5, 0.6) is 0 Å². The van der Waals surface area contributed by atoms with Crippen molar-refractivity contribution in [1.82, 2.24) is 4.98 Å². The number of aromatic amines is 1. The molecule has 0 bridgehead atoms. The molecule has 1 heteroatoms. The monoisotopic (exact) mass is 467 g/mol. The van der Waals surface area contributed by atoms with E-state index in [9.17, 15) is 0 Å². The van der Waals surface area contributed by atoms with Gasteiger partial charge in [0.25, 0.3) is 0 Å². The predicted octanol–water partition coefficient (Wildman–Crippen LogP) is 10.2. The fourth-order valence-corrected chi connectivity index (χ4v) is 6.86. The SMILES string of the molecule is c1ccc2c(c1)c1ccccc1c1c2ccc2[nH]c3ccc4c5ccccc5c5ccccc5c4c3c21. The molecule has 170 valence electrons. The molecule has 0 spiro atoms. The fourth-order valence-electron chi connectivity index (χ4n) is 6.86. The van der Waals surface area contributed by atoms with E-state index in [1.54, 1.807) is 0 Å². The smallest absolute Gasteiger partial charge is 0.0471 e. The summed E-state index contributed by atoms with van der Waals surface area (Å²) in [6, 6.07) is 44.6. The molecular formula is C36H21N. The summed E-state index contributed by atoms with van der Waals surface area (Å²) in [5, 5.41) is 18.4. The van der Waals surface area contributed by atoms with Crippen LogP contribution in [0.15, 0.2) is 121 Å². The molecule has 1 heterocycles. The summed E-state index contributed by atoms with van der Waals surface area (Å²) in [4.78, 5) is 3.79. The van der Waals surface area contributed by atoms with Crippen molar-refractivity contribution in [2.75, 3.05) is 0 Å². The summed E-state index contributed by atoms with van der Waals surface area (Å²) in [6.07, 6.45) is 0. The molecule has 8 aromatic carbocycles. The summed E-state index contributed by atoms with van der Waals surface area (Å²) < 4.78 is 0. The third-order valence-electron chi connectivity index (χ3n) is 8.34. The highest BCUT2D eigenvalue weighted by Gasteiger charge is 2.18. The summed E-state index contributed by atoms with van der Waals surface area (Å²) in [6.45, 7) is 0. The average molecular weight is 468 g/mol. The van der Waals surface area contributed by atoms with Gasteiger partial charge in [0.15, 0.2) is 0 Å². The quantitative estimate of drug-likeness (QED) is 0.214. The van der Waals surface area contributed by atoms with Crippen LogP contribution >= 0.6 is 0 Å². The van der Waals surface area contributed by atoms with Crippen LogP contribution in [-0.4, -0.2) is 4.98 Å². The predicted molar refractivity (Wildman–Crippen MR) is 161 cm³/mol. The molecule has 37 heavy (non-hydrogen) atoms. The lowest BCUT2D eigenvalue weighted by Gasteiger charge is -2.13. The third kappa shape index (κ3) is 2.39. The standard InChI is InChI=1S/C36H21N/c1-3-13-25-21(9-1)23-11-5-7-15-27(23)33-29(25)17-19-31-35(33)36-32(37-31)20-18-30-26-14-4-2-10-22(26)24-12-6-8-16-28(24)34(30)36/h1-20,37H. The van der Waals surface area contributed by atoms with Gasteiger partial charge in [-0.15, -0.1) is 0 Å². The maximum atomic E-state index is 3.79. The molecule has 0 aliphatic rings. The third-order valence-corrected chi connectivity index (χ3v) is 8.34. The van der Waals surface area contributed by atoms with Crippen molar-refractivity contribution in [3.8, 4) is 0 Å². The van der Waals surface area contributed by atoms with Gasteiger partial charge in [-0.05, 0) is 66.0 Å². The van der Waals surface area contributed by atoms with Crippen molar-refractivity contribution in [1.29, 1.82) is 0 Å². The first-order valence-electron chi connectivity index (χ1n) is 12.9. The molecule has 1 N–H and O–H groups in total. The summed E-state index contributed by atoms with van der Waals surface area (Å²) in [5.74, 6) is 0. The van der Waals surface area contributed by atoms with E-state index in [2.05, 4.69) is 126 Å². The Morgan fingerprint density at radius 2 is 0.514 bits per heavy atom. The molecule has 1 nitrogen and oxygen atoms in total. The first kappa shape index (κ1) is 19.3. The summed E-state index contributed by atoms with van der Waals surface area (Å²) in [7, 11) is 0. The Bertz CT molecular complexity index is 2170. The second-order valence-electron chi connectivity index (χ2n) is 10.1. The Balaban J connectivity index is 1.67. The largest absolute Gasteiger partial charge is 0.354 e. The van der Waals surface area contributed by atoms with Gasteiger partial charge in [0.05, 0.1) is 0 Å². The van der Waals surface area contributed by atoms with Crippen LogP contribution in [0.2, 0.25) is 0 Å². The van der Waals surface area contributed by atoms with Crippen LogP contribution in [0.4, 0.5) is 0 Å². The number of nitrogens with one attached hydrogen (secondary N) is 1. The van der Waals surface area contributed by atoms with Crippen molar-refractivity contribution in [3.63, 3.8) is 0 Å². The van der Waals surface area contributed by atoms with Gasteiger partial charge >= 0.3 is 0 Å². The van der Waals surface area contributed by atoms with Crippen molar-refractivity contribution in [2.24, 2.45) is 0 Å². The molecule has 0 amide bonds. The molecule has 0 atom stereocenters. The van der Waals surface area contributed by atoms with E-state index >= 15 is 0 Å². The van der Waals surface area contributed by atoms with E-state index in [0.717, 1.165) is 0 Å². The van der Waals surface area contributed by atoms with E-state index in [-0.39, 0.29) is 0 Å². The number of H-pyrrole nitrogens is 1. The van der Waals surface area contributed by atoms with Gasteiger partial charge in [0.2, 0.25) is 0 Å². The van der Waals surface area contributed by atoms with E-state index in [0.29, 0.717) is 0 Å².